The zero-order valence-electron chi connectivity index (χ0n) is 7.93. The molecule has 2 rings (SSSR count). The quantitative estimate of drug-likeness (QED) is 0.687. The predicted octanol–water partition coefficient (Wildman–Crippen LogP) is 1.94. The normalized spacial score (nSPS) is 18.1. The first-order valence-corrected chi connectivity index (χ1v) is 4.30. The van der Waals surface area contributed by atoms with E-state index in [2.05, 4.69) is 5.32 Å². The molecule has 0 spiro atoms. The van der Waals surface area contributed by atoms with Crippen LogP contribution in [0.4, 0.5) is 10.1 Å². The first-order valence-electron chi connectivity index (χ1n) is 4.30. The van der Waals surface area contributed by atoms with Crippen LogP contribution in [0.3, 0.4) is 0 Å². The molecule has 1 amide bonds. The molecule has 0 unspecified atom stereocenters. The molecule has 0 saturated heterocycles. The van der Waals surface area contributed by atoms with Crippen molar-refractivity contribution in [2.75, 3.05) is 5.32 Å². The van der Waals surface area contributed by atoms with Gasteiger partial charge in [0.05, 0.1) is 0 Å². The molecule has 3 nitrogen and oxygen atoms in total. The van der Waals surface area contributed by atoms with E-state index >= 15 is 0 Å². The van der Waals surface area contributed by atoms with Crippen LogP contribution in [0.25, 0.3) is 0 Å². The number of rotatable bonds is 0. The molecular formula is C10H10FNO2. The van der Waals surface area contributed by atoms with Gasteiger partial charge in [0, 0.05) is 0 Å². The third kappa shape index (κ3) is 1.23. The van der Waals surface area contributed by atoms with Crippen LogP contribution in [0.2, 0.25) is 0 Å². The Morgan fingerprint density at radius 3 is 2.86 bits per heavy atom. The van der Waals surface area contributed by atoms with Crippen molar-refractivity contribution in [3.05, 3.63) is 24.0 Å². The minimum atomic E-state index is -0.944. The van der Waals surface area contributed by atoms with Gasteiger partial charge in [0.15, 0.2) is 11.4 Å². The first kappa shape index (κ1) is 8.99. The van der Waals surface area contributed by atoms with Crippen molar-refractivity contribution in [3.8, 4) is 5.75 Å². The maximum atomic E-state index is 13.2. The highest BCUT2D eigenvalue weighted by atomic mass is 19.1. The topological polar surface area (TPSA) is 38.3 Å². The van der Waals surface area contributed by atoms with E-state index in [9.17, 15) is 9.18 Å². The molecule has 0 bridgehead atoms. The van der Waals surface area contributed by atoms with Gasteiger partial charge >= 0.3 is 0 Å². The van der Waals surface area contributed by atoms with E-state index < -0.39 is 11.4 Å². The van der Waals surface area contributed by atoms with Crippen molar-refractivity contribution in [2.45, 2.75) is 19.4 Å². The number of halogens is 1. The Bertz CT molecular complexity index is 401. The van der Waals surface area contributed by atoms with E-state index in [1.807, 2.05) is 0 Å². The van der Waals surface area contributed by atoms with Crippen LogP contribution in [0, 0.1) is 5.82 Å². The lowest BCUT2D eigenvalue weighted by molar-refractivity contribution is -0.129. The van der Waals surface area contributed by atoms with Crippen LogP contribution < -0.4 is 10.1 Å². The summed E-state index contributed by atoms with van der Waals surface area (Å²) in [5, 5.41) is 2.48. The summed E-state index contributed by atoms with van der Waals surface area (Å²) >= 11 is 0. The lowest BCUT2D eigenvalue weighted by atomic mass is 10.1. The molecule has 0 saturated carbocycles. The predicted molar refractivity (Wildman–Crippen MR) is 49.7 cm³/mol. The number of amides is 1. The Morgan fingerprint density at radius 2 is 2.14 bits per heavy atom. The van der Waals surface area contributed by atoms with Crippen molar-refractivity contribution in [1.29, 1.82) is 0 Å². The second-order valence-electron chi connectivity index (χ2n) is 3.68. The summed E-state index contributed by atoms with van der Waals surface area (Å²) in [6.45, 7) is 3.27. The monoisotopic (exact) mass is 195 g/mol. The molecule has 1 aliphatic heterocycles. The van der Waals surface area contributed by atoms with Crippen molar-refractivity contribution < 1.29 is 13.9 Å². The number of carbonyl (C=O) groups excluding carboxylic acids is 1. The smallest absolute Gasteiger partial charge is 0.268 e. The van der Waals surface area contributed by atoms with Gasteiger partial charge in [-0.1, -0.05) is 6.07 Å². The van der Waals surface area contributed by atoms with Gasteiger partial charge < -0.3 is 10.1 Å². The molecule has 4 heteroatoms. The van der Waals surface area contributed by atoms with Gasteiger partial charge in [-0.15, -0.1) is 0 Å². The third-order valence-electron chi connectivity index (χ3n) is 2.13. The number of hydrogen-bond acceptors (Lipinski definition) is 2. The van der Waals surface area contributed by atoms with Gasteiger partial charge in [-0.3, -0.25) is 4.79 Å². The summed E-state index contributed by atoms with van der Waals surface area (Å²) < 4.78 is 18.6. The molecule has 74 valence electrons. The van der Waals surface area contributed by atoms with E-state index in [0.717, 1.165) is 0 Å². The number of para-hydroxylation sites is 1. The molecule has 1 aliphatic rings. The Kier molecular flexibility index (Phi) is 1.74. The average molecular weight is 195 g/mol. The van der Waals surface area contributed by atoms with Gasteiger partial charge in [-0.25, -0.2) is 4.39 Å². The van der Waals surface area contributed by atoms with E-state index in [4.69, 9.17) is 4.74 Å². The zero-order valence-corrected chi connectivity index (χ0v) is 7.93. The molecule has 1 N–H and O–H groups in total. The number of anilines is 1. The molecule has 1 heterocycles. The van der Waals surface area contributed by atoms with Crippen LogP contribution >= 0.6 is 0 Å². The molecule has 0 radical (unpaired) electrons. The molecule has 0 aliphatic carbocycles. The van der Waals surface area contributed by atoms with Crippen LogP contribution in [0.5, 0.6) is 5.75 Å². The molecule has 1 aromatic carbocycles. The highest BCUT2D eigenvalue weighted by Gasteiger charge is 2.36. The van der Waals surface area contributed by atoms with Crippen molar-refractivity contribution in [2.24, 2.45) is 0 Å². The number of fused-ring (bicyclic) bond motifs is 1. The first-order chi connectivity index (χ1) is 6.50. The fraction of sp³-hybridized carbons (Fsp3) is 0.300. The summed E-state index contributed by atoms with van der Waals surface area (Å²) in [6.07, 6.45) is 0. The van der Waals surface area contributed by atoms with Gasteiger partial charge in [0.1, 0.15) is 11.4 Å². The largest absolute Gasteiger partial charge is 0.476 e. The number of nitrogens with one attached hydrogen (secondary N) is 1. The van der Waals surface area contributed by atoms with Crippen molar-refractivity contribution in [3.63, 3.8) is 0 Å². The second-order valence-corrected chi connectivity index (χ2v) is 3.68. The maximum absolute atomic E-state index is 13.2. The second kappa shape index (κ2) is 2.70. The number of benzene rings is 1. The van der Waals surface area contributed by atoms with E-state index in [1.165, 1.54) is 6.07 Å². The van der Waals surface area contributed by atoms with Crippen molar-refractivity contribution >= 4 is 11.6 Å². The summed E-state index contributed by atoms with van der Waals surface area (Å²) in [4.78, 5) is 11.4. The summed E-state index contributed by atoms with van der Waals surface area (Å²) in [5.74, 6) is -0.448. The molecule has 14 heavy (non-hydrogen) atoms. The van der Waals surface area contributed by atoms with Gasteiger partial charge in [-0.05, 0) is 26.0 Å². The number of carbonyl (C=O) groups is 1. The van der Waals surface area contributed by atoms with E-state index in [1.54, 1.807) is 26.0 Å². The van der Waals surface area contributed by atoms with Crippen LogP contribution in [0.1, 0.15) is 13.8 Å². The summed E-state index contributed by atoms with van der Waals surface area (Å²) in [6, 6.07) is 4.45. The molecule has 1 aromatic rings. The molecule has 0 atom stereocenters. The molecule has 0 fully saturated rings. The summed E-state index contributed by atoms with van der Waals surface area (Å²) in [7, 11) is 0. The Morgan fingerprint density at radius 1 is 1.43 bits per heavy atom. The highest BCUT2D eigenvalue weighted by Crippen LogP contribution is 2.34. The van der Waals surface area contributed by atoms with Gasteiger partial charge in [-0.2, -0.15) is 0 Å². The Labute approximate surface area is 80.9 Å². The molecular weight excluding hydrogens is 185 g/mol. The fourth-order valence-electron chi connectivity index (χ4n) is 1.30. The van der Waals surface area contributed by atoms with E-state index in [0.29, 0.717) is 5.75 Å². The lowest BCUT2D eigenvalue weighted by Gasteiger charge is -2.31. The SMILES string of the molecule is CC1(C)Oc2cccc(F)c2NC1=O. The van der Waals surface area contributed by atoms with Crippen molar-refractivity contribution in [1.82, 2.24) is 0 Å². The number of ether oxygens (including phenoxy) is 1. The van der Waals surface area contributed by atoms with Gasteiger partial charge in [0.2, 0.25) is 0 Å². The van der Waals surface area contributed by atoms with E-state index in [-0.39, 0.29) is 11.6 Å². The summed E-state index contributed by atoms with van der Waals surface area (Å²) in [5.41, 5.74) is -0.822. The van der Waals surface area contributed by atoms with Crippen LogP contribution in [-0.4, -0.2) is 11.5 Å². The Hall–Kier alpha value is -1.58. The fourth-order valence-corrected chi connectivity index (χ4v) is 1.30. The Balaban J connectivity index is 2.51. The van der Waals surface area contributed by atoms with Crippen LogP contribution in [0.15, 0.2) is 18.2 Å². The highest BCUT2D eigenvalue weighted by molar-refractivity contribution is 6.00. The van der Waals surface area contributed by atoms with Crippen LogP contribution in [-0.2, 0) is 4.79 Å². The zero-order chi connectivity index (χ0) is 10.3. The maximum Gasteiger partial charge on any atom is 0.268 e. The number of hydrogen-bond donors (Lipinski definition) is 1. The minimum Gasteiger partial charge on any atom is -0.476 e. The molecule has 0 aromatic heterocycles. The van der Waals surface area contributed by atoms with Gasteiger partial charge in [0.25, 0.3) is 5.91 Å². The average Bonchev–Trinajstić information content (AvgIpc) is 2.08. The minimum absolute atomic E-state index is 0.122. The lowest BCUT2D eigenvalue weighted by Crippen LogP contribution is -2.45. The third-order valence-corrected chi connectivity index (χ3v) is 2.13. The standard InChI is InChI=1S/C10H10FNO2/c1-10(2)9(13)12-8-6(11)4-3-5-7(8)14-10/h3-5H,1-2H3,(H,12,13).